The third kappa shape index (κ3) is 3.00. The molecule has 0 atom stereocenters. The quantitative estimate of drug-likeness (QED) is 0.454. The molecule has 0 bridgehead atoms. The normalized spacial score (nSPS) is 9.33. The second kappa shape index (κ2) is 6.05. The van der Waals surface area contributed by atoms with Crippen LogP contribution in [0.15, 0.2) is 52.2 Å². The minimum absolute atomic E-state index is 0. The minimum atomic E-state index is -0.710. The summed E-state index contributed by atoms with van der Waals surface area (Å²) >= 11 is 0. The van der Waals surface area contributed by atoms with E-state index in [2.05, 4.69) is 9.97 Å². The number of hydrogen-bond donors (Lipinski definition) is 1. The van der Waals surface area contributed by atoms with Crippen LogP contribution in [0, 0.1) is 0 Å². The van der Waals surface area contributed by atoms with Gasteiger partial charge in [-0.05, 0) is 18.2 Å². The Labute approximate surface area is 113 Å². The standard InChI is InChI=1S/C6H2N2O2.C6H6O.H2Se/c9-5-4-3(1-2-7-4)8-6(5)10;7-6-4-2-1-3-5-6;/h1-2H;1-5,7H;1H2. The zero-order valence-electron chi connectivity index (χ0n) is 9.20. The maximum atomic E-state index is 10.8. The summed E-state index contributed by atoms with van der Waals surface area (Å²) in [6.07, 6.45) is 1.46. The van der Waals surface area contributed by atoms with Crippen molar-refractivity contribution in [2.75, 3.05) is 0 Å². The van der Waals surface area contributed by atoms with Crippen molar-refractivity contribution in [1.29, 1.82) is 0 Å². The first-order chi connectivity index (χ1) is 8.18. The molecule has 2 aliphatic heterocycles. The number of phenols is 1. The Morgan fingerprint density at radius 3 is 2.17 bits per heavy atom. The topological polar surface area (TPSA) is 80.2 Å². The van der Waals surface area contributed by atoms with E-state index in [1.165, 1.54) is 12.3 Å². The summed E-state index contributed by atoms with van der Waals surface area (Å²) in [6.45, 7) is 0. The van der Waals surface area contributed by atoms with E-state index >= 15 is 0 Å². The van der Waals surface area contributed by atoms with Crippen molar-refractivity contribution in [1.82, 2.24) is 9.97 Å². The molecule has 92 valence electrons. The number of nitrogens with zero attached hydrogens (tertiary/aromatic N) is 2. The Morgan fingerprint density at radius 1 is 1.00 bits per heavy atom. The molecule has 5 nitrogen and oxygen atoms in total. The molecule has 0 saturated carbocycles. The fourth-order valence-corrected chi connectivity index (χ4v) is 1.28. The van der Waals surface area contributed by atoms with E-state index in [4.69, 9.17) is 5.11 Å². The van der Waals surface area contributed by atoms with Crippen LogP contribution in [0.25, 0.3) is 11.4 Å². The van der Waals surface area contributed by atoms with Gasteiger partial charge in [0.1, 0.15) is 11.4 Å². The monoisotopic (exact) mass is 310 g/mol. The number of rotatable bonds is 0. The first-order valence-electron chi connectivity index (χ1n) is 4.84. The molecule has 2 aliphatic rings. The molecule has 1 N–H and O–H groups in total. The first-order valence-corrected chi connectivity index (χ1v) is 4.84. The first kappa shape index (κ1) is 14.0. The second-order valence-corrected chi connectivity index (χ2v) is 3.26. The zero-order chi connectivity index (χ0) is 12.3. The summed E-state index contributed by atoms with van der Waals surface area (Å²) < 4.78 is 0. The second-order valence-electron chi connectivity index (χ2n) is 3.26. The van der Waals surface area contributed by atoms with Gasteiger partial charge in [0.2, 0.25) is 0 Å². The fraction of sp³-hybridized carbons (Fsp3) is 0. The van der Waals surface area contributed by atoms with Crippen LogP contribution in [-0.4, -0.2) is 32.1 Å². The summed E-state index contributed by atoms with van der Waals surface area (Å²) in [4.78, 5) is 28.4. The summed E-state index contributed by atoms with van der Waals surface area (Å²) in [6, 6.07) is 10.3. The van der Waals surface area contributed by atoms with Gasteiger partial charge in [0.25, 0.3) is 5.43 Å². The molecule has 0 unspecified atom stereocenters. The molecular formula is C12H10N2O3Se. The number of benzene rings is 1. The molecule has 6 heteroatoms. The number of aromatic nitrogens is 2. The van der Waals surface area contributed by atoms with Gasteiger partial charge in [-0.25, -0.2) is 4.98 Å². The van der Waals surface area contributed by atoms with Crippen LogP contribution in [-0.2, 0) is 0 Å². The van der Waals surface area contributed by atoms with Crippen LogP contribution in [0.2, 0.25) is 0 Å². The number of hydrogen-bond acceptors (Lipinski definition) is 5. The fourth-order valence-electron chi connectivity index (χ4n) is 1.28. The van der Waals surface area contributed by atoms with Gasteiger partial charge in [0.15, 0.2) is 0 Å². The molecule has 2 heterocycles. The van der Waals surface area contributed by atoms with Crippen molar-refractivity contribution in [2.24, 2.45) is 0 Å². The molecule has 18 heavy (non-hydrogen) atoms. The van der Waals surface area contributed by atoms with E-state index in [1.54, 1.807) is 24.3 Å². The van der Waals surface area contributed by atoms with Crippen molar-refractivity contribution in [3.63, 3.8) is 0 Å². The van der Waals surface area contributed by atoms with Gasteiger partial charge in [0.05, 0.1) is 5.69 Å². The van der Waals surface area contributed by atoms with Crippen LogP contribution in [0.1, 0.15) is 0 Å². The molecular weight excluding hydrogens is 299 g/mol. The van der Waals surface area contributed by atoms with Crippen LogP contribution in [0.3, 0.4) is 0 Å². The predicted octanol–water partition coefficient (Wildman–Crippen LogP) is -0.347. The number of fused-ring (bicyclic) bond motifs is 1. The molecule has 1 aromatic rings. The molecule has 0 spiro atoms. The van der Waals surface area contributed by atoms with Crippen LogP contribution < -0.4 is 11.0 Å². The van der Waals surface area contributed by atoms with Gasteiger partial charge < -0.3 is 5.11 Å². The van der Waals surface area contributed by atoms with Crippen LogP contribution in [0.4, 0.5) is 0 Å². The van der Waals surface area contributed by atoms with E-state index in [-0.39, 0.29) is 22.8 Å². The molecule has 0 aromatic heterocycles. The molecule has 0 fully saturated rings. The summed E-state index contributed by atoms with van der Waals surface area (Å²) in [5.74, 6) is 0.322. The molecule has 0 saturated heterocycles. The Hall–Kier alpha value is -2.04. The number of phenolic OH excluding ortho intramolecular Hbond substituents is 1. The van der Waals surface area contributed by atoms with Crippen molar-refractivity contribution in [3.05, 3.63) is 63.2 Å². The number of para-hydroxylation sites is 1. The van der Waals surface area contributed by atoms with E-state index < -0.39 is 11.0 Å². The maximum absolute atomic E-state index is 10.8. The Balaban J connectivity index is 0.000000181. The van der Waals surface area contributed by atoms with Crippen molar-refractivity contribution in [2.45, 2.75) is 0 Å². The number of aromatic hydroxyl groups is 1. The molecule has 0 aliphatic carbocycles. The molecule has 0 amide bonds. The Kier molecular flexibility index (Phi) is 4.71. The van der Waals surface area contributed by atoms with Crippen molar-refractivity contribution < 1.29 is 5.11 Å². The predicted molar refractivity (Wildman–Crippen MR) is 70.2 cm³/mol. The van der Waals surface area contributed by atoms with Crippen LogP contribution in [0.5, 0.6) is 5.75 Å². The van der Waals surface area contributed by atoms with Crippen LogP contribution >= 0.6 is 0 Å². The Bertz CT molecular complexity index is 662. The zero-order valence-corrected chi connectivity index (χ0v) is 11.3. The van der Waals surface area contributed by atoms with Gasteiger partial charge >= 0.3 is 22.6 Å². The summed E-state index contributed by atoms with van der Waals surface area (Å²) in [5, 5.41) is 8.63. The average Bonchev–Trinajstić information content (AvgIpc) is 2.86. The average molecular weight is 309 g/mol. The third-order valence-corrected chi connectivity index (χ3v) is 2.07. The Morgan fingerprint density at radius 2 is 1.67 bits per heavy atom. The van der Waals surface area contributed by atoms with Gasteiger partial charge in [-0.1, -0.05) is 18.2 Å². The molecule has 3 rings (SSSR count). The molecule has 0 radical (unpaired) electrons. The molecule has 1 aromatic carbocycles. The van der Waals surface area contributed by atoms with Crippen molar-refractivity contribution in [3.8, 4) is 17.1 Å². The van der Waals surface area contributed by atoms with E-state index in [0.29, 0.717) is 11.4 Å². The van der Waals surface area contributed by atoms with Gasteiger partial charge in [0, 0.05) is 6.20 Å². The third-order valence-electron chi connectivity index (χ3n) is 2.07. The van der Waals surface area contributed by atoms with Gasteiger partial charge in [-0.3, -0.25) is 14.6 Å². The van der Waals surface area contributed by atoms with E-state index in [9.17, 15) is 9.59 Å². The summed E-state index contributed by atoms with van der Waals surface area (Å²) in [7, 11) is 0. The summed E-state index contributed by atoms with van der Waals surface area (Å²) in [5.41, 5.74) is -0.724. The van der Waals surface area contributed by atoms with Gasteiger partial charge in [-0.15, -0.1) is 0 Å². The van der Waals surface area contributed by atoms with E-state index in [0.717, 1.165) is 0 Å². The van der Waals surface area contributed by atoms with Gasteiger partial charge in [-0.2, -0.15) is 0 Å². The van der Waals surface area contributed by atoms with E-state index in [1.807, 2.05) is 6.07 Å². The van der Waals surface area contributed by atoms with Crippen molar-refractivity contribution >= 4 is 17.1 Å². The SMILES string of the molecule is O=c1nc2ccnc-2c1=O.Oc1ccccc1.[SeH2].